The van der Waals surface area contributed by atoms with Crippen LogP contribution >= 0.6 is 0 Å². The SMILES string of the molecule is N#CCCN(Cc1cccnc1)S(=O)(=O)c1cnc[nH]1. The molecule has 0 unspecified atom stereocenters. The number of nitrogens with one attached hydrogen (secondary N) is 1. The molecule has 0 aliphatic carbocycles. The summed E-state index contributed by atoms with van der Waals surface area (Å²) < 4.78 is 26.1. The largest absolute Gasteiger partial charge is 0.335 e. The molecule has 8 heteroatoms. The van der Waals surface area contributed by atoms with E-state index in [9.17, 15) is 8.42 Å². The average Bonchev–Trinajstić information content (AvgIpc) is 2.99. The molecule has 0 fully saturated rings. The Balaban J connectivity index is 2.26. The molecule has 0 aromatic carbocycles. The lowest BCUT2D eigenvalue weighted by molar-refractivity contribution is 0.411. The molecule has 2 heterocycles. The van der Waals surface area contributed by atoms with Gasteiger partial charge in [0.1, 0.15) is 0 Å². The maximum absolute atomic E-state index is 12.4. The van der Waals surface area contributed by atoms with Crippen LogP contribution in [0.25, 0.3) is 0 Å². The van der Waals surface area contributed by atoms with E-state index in [1.165, 1.54) is 16.8 Å². The van der Waals surface area contributed by atoms with E-state index in [0.717, 1.165) is 5.56 Å². The molecule has 0 atom stereocenters. The maximum Gasteiger partial charge on any atom is 0.260 e. The monoisotopic (exact) mass is 291 g/mol. The van der Waals surface area contributed by atoms with Gasteiger partial charge in [0.25, 0.3) is 10.0 Å². The van der Waals surface area contributed by atoms with Crippen LogP contribution in [0.3, 0.4) is 0 Å². The van der Waals surface area contributed by atoms with Gasteiger partial charge in [0.2, 0.25) is 0 Å². The molecule has 7 nitrogen and oxygen atoms in total. The Morgan fingerprint density at radius 3 is 2.80 bits per heavy atom. The zero-order valence-electron chi connectivity index (χ0n) is 10.6. The fourth-order valence-electron chi connectivity index (χ4n) is 1.68. The van der Waals surface area contributed by atoms with E-state index in [-0.39, 0.29) is 24.5 Å². The summed E-state index contributed by atoms with van der Waals surface area (Å²) in [6.45, 7) is 0.281. The van der Waals surface area contributed by atoms with Gasteiger partial charge in [0.05, 0.1) is 18.6 Å². The second-order valence-electron chi connectivity index (χ2n) is 4.02. The van der Waals surface area contributed by atoms with Crippen molar-refractivity contribution < 1.29 is 8.42 Å². The minimum Gasteiger partial charge on any atom is -0.335 e. The number of hydrogen-bond donors (Lipinski definition) is 1. The number of aromatic amines is 1. The van der Waals surface area contributed by atoms with Crippen molar-refractivity contribution in [2.45, 2.75) is 18.0 Å². The van der Waals surface area contributed by atoms with Crippen molar-refractivity contribution in [3.8, 4) is 6.07 Å². The predicted molar refractivity (Wildman–Crippen MR) is 70.7 cm³/mol. The molecule has 0 bridgehead atoms. The average molecular weight is 291 g/mol. The third-order valence-corrected chi connectivity index (χ3v) is 4.42. The van der Waals surface area contributed by atoms with E-state index in [2.05, 4.69) is 15.0 Å². The van der Waals surface area contributed by atoms with E-state index in [0.29, 0.717) is 0 Å². The van der Waals surface area contributed by atoms with Crippen molar-refractivity contribution in [1.29, 1.82) is 5.26 Å². The van der Waals surface area contributed by atoms with Crippen LogP contribution in [-0.2, 0) is 16.6 Å². The van der Waals surface area contributed by atoms with Crippen molar-refractivity contribution in [3.63, 3.8) is 0 Å². The Morgan fingerprint density at radius 1 is 1.35 bits per heavy atom. The smallest absolute Gasteiger partial charge is 0.260 e. The number of hydrogen-bond acceptors (Lipinski definition) is 5. The molecule has 2 aromatic heterocycles. The highest BCUT2D eigenvalue weighted by atomic mass is 32.2. The van der Waals surface area contributed by atoms with Gasteiger partial charge in [-0.15, -0.1) is 0 Å². The predicted octanol–water partition coefficient (Wildman–Crippen LogP) is 0.909. The van der Waals surface area contributed by atoms with Crippen LogP contribution < -0.4 is 0 Å². The highest BCUT2D eigenvalue weighted by Crippen LogP contribution is 2.16. The Bertz CT molecular complexity index is 676. The van der Waals surface area contributed by atoms with Crippen LogP contribution in [0.2, 0.25) is 0 Å². The van der Waals surface area contributed by atoms with Gasteiger partial charge in [0.15, 0.2) is 5.03 Å². The van der Waals surface area contributed by atoms with Gasteiger partial charge in [-0.25, -0.2) is 13.4 Å². The molecule has 0 saturated carbocycles. The van der Waals surface area contributed by atoms with Crippen molar-refractivity contribution in [2.75, 3.05) is 6.54 Å². The summed E-state index contributed by atoms with van der Waals surface area (Å²) in [6, 6.07) is 5.48. The molecule has 1 N–H and O–H groups in total. The quantitative estimate of drug-likeness (QED) is 0.852. The zero-order chi connectivity index (χ0) is 14.4. The first-order valence-electron chi connectivity index (χ1n) is 5.89. The van der Waals surface area contributed by atoms with Gasteiger partial charge < -0.3 is 4.98 Å². The van der Waals surface area contributed by atoms with Gasteiger partial charge >= 0.3 is 0 Å². The van der Waals surface area contributed by atoms with Crippen LogP contribution in [0.15, 0.2) is 42.1 Å². The molecule has 0 saturated heterocycles. The Labute approximate surface area is 117 Å². The number of pyridine rings is 1. The normalized spacial score (nSPS) is 11.4. The summed E-state index contributed by atoms with van der Waals surface area (Å²) in [4.78, 5) is 10.3. The van der Waals surface area contributed by atoms with Crippen LogP contribution in [0.5, 0.6) is 0 Å². The van der Waals surface area contributed by atoms with E-state index in [1.807, 2.05) is 6.07 Å². The summed E-state index contributed by atoms with van der Waals surface area (Å²) in [7, 11) is -3.69. The van der Waals surface area contributed by atoms with Gasteiger partial charge in [-0.2, -0.15) is 9.57 Å². The topological polar surface area (TPSA) is 103 Å². The third-order valence-electron chi connectivity index (χ3n) is 2.65. The number of nitriles is 1. The van der Waals surface area contributed by atoms with E-state index in [1.54, 1.807) is 24.5 Å². The molecule has 2 rings (SSSR count). The molecule has 104 valence electrons. The molecule has 20 heavy (non-hydrogen) atoms. The second-order valence-corrected chi connectivity index (χ2v) is 5.93. The molecule has 0 radical (unpaired) electrons. The zero-order valence-corrected chi connectivity index (χ0v) is 11.4. The molecule has 2 aromatic rings. The summed E-state index contributed by atoms with van der Waals surface area (Å²) >= 11 is 0. The minimum atomic E-state index is -3.69. The lowest BCUT2D eigenvalue weighted by atomic mass is 10.3. The van der Waals surface area contributed by atoms with Crippen LogP contribution in [-0.4, -0.2) is 34.2 Å². The minimum absolute atomic E-state index is 0.0133. The first kappa shape index (κ1) is 14.2. The van der Waals surface area contributed by atoms with Crippen LogP contribution in [0, 0.1) is 11.3 Å². The Kier molecular flexibility index (Phi) is 4.45. The van der Waals surface area contributed by atoms with E-state index in [4.69, 9.17) is 5.26 Å². The van der Waals surface area contributed by atoms with Crippen molar-refractivity contribution >= 4 is 10.0 Å². The Morgan fingerprint density at radius 2 is 2.20 bits per heavy atom. The molecule has 0 amide bonds. The van der Waals surface area contributed by atoms with Gasteiger partial charge in [0, 0.05) is 31.9 Å². The molecule has 0 aliphatic rings. The van der Waals surface area contributed by atoms with E-state index < -0.39 is 10.0 Å². The lowest BCUT2D eigenvalue weighted by Crippen LogP contribution is -2.31. The van der Waals surface area contributed by atoms with Crippen molar-refractivity contribution in [1.82, 2.24) is 19.3 Å². The van der Waals surface area contributed by atoms with Crippen LogP contribution in [0.1, 0.15) is 12.0 Å². The molecular formula is C12H13N5O2S. The van der Waals surface area contributed by atoms with Crippen LogP contribution in [0.4, 0.5) is 0 Å². The van der Waals surface area contributed by atoms with Crippen molar-refractivity contribution in [2.24, 2.45) is 0 Å². The van der Waals surface area contributed by atoms with Gasteiger partial charge in [-0.05, 0) is 11.6 Å². The fourth-order valence-corrected chi connectivity index (χ4v) is 3.00. The number of imidazole rings is 1. The second kappa shape index (κ2) is 6.27. The molecule has 0 aliphatic heterocycles. The highest BCUT2D eigenvalue weighted by molar-refractivity contribution is 7.89. The molecular weight excluding hydrogens is 278 g/mol. The number of H-pyrrole nitrogens is 1. The van der Waals surface area contributed by atoms with Gasteiger partial charge in [-0.3, -0.25) is 4.98 Å². The van der Waals surface area contributed by atoms with Crippen molar-refractivity contribution in [3.05, 3.63) is 42.6 Å². The van der Waals surface area contributed by atoms with Gasteiger partial charge in [-0.1, -0.05) is 6.07 Å². The summed E-state index contributed by atoms with van der Waals surface area (Å²) in [5.74, 6) is 0. The standard InChI is InChI=1S/C12H13N5O2S/c13-4-2-6-17(9-11-3-1-5-14-7-11)20(18,19)12-8-15-10-16-12/h1,3,5,7-8,10H,2,6,9H2,(H,15,16). The number of sulfonamides is 1. The maximum atomic E-state index is 12.4. The number of aromatic nitrogens is 3. The summed E-state index contributed by atoms with van der Waals surface area (Å²) in [5.41, 5.74) is 0.758. The number of rotatable bonds is 6. The summed E-state index contributed by atoms with van der Waals surface area (Å²) in [5, 5.41) is 8.69. The number of nitrogens with zero attached hydrogens (tertiary/aromatic N) is 4. The highest BCUT2D eigenvalue weighted by Gasteiger charge is 2.25. The first-order valence-corrected chi connectivity index (χ1v) is 7.33. The fraction of sp³-hybridized carbons (Fsp3) is 0.250. The molecule has 0 spiro atoms. The first-order chi connectivity index (χ1) is 9.64. The van der Waals surface area contributed by atoms with E-state index >= 15 is 0 Å². The lowest BCUT2D eigenvalue weighted by Gasteiger charge is -2.19. The third kappa shape index (κ3) is 3.20. The Hall–Kier alpha value is -2.24. The summed E-state index contributed by atoms with van der Waals surface area (Å²) in [6.07, 6.45) is 5.89.